The molecule has 1 saturated heterocycles. The van der Waals surface area contributed by atoms with Crippen molar-refractivity contribution in [1.82, 2.24) is 4.90 Å². The molecule has 27 heavy (non-hydrogen) atoms. The van der Waals surface area contributed by atoms with E-state index in [4.69, 9.17) is 23.2 Å². The third-order valence-electron chi connectivity index (χ3n) is 4.41. The van der Waals surface area contributed by atoms with Crippen LogP contribution in [0.3, 0.4) is 0 Å². The number of halogens is 2. The highest BCUT2D eigenvalue weighted by atomic mass is 35.5. The topological polar surface area (TPSA) is 107 Å². The second kappa shape index (κ2) is 8.93. The van der Waals surface area contributed by atoms with E-state index in [0.717, 1.165) is 0 Å². The molecular weight excluding hydrogens is 414 g/mol. The molecule has 1 aromatic rings. The summed E-state index contributed by atoms with van der Waals surface area (Å²) < 4.78 is 11.8. The van der Waals surface area contributed by atoms with Crippen LogP contribution in [0.5, 0.6) is 0 Å². The van der Waals surface area contributed by atoms with Crippen LogP contribution in [0.1, 0.15) is 33.1 Å². The van der Waals surface area contributed by atoms with Gasteiger partial charge in [-0.05, 0) is 43.4 Å². The molecule has 7 nitrogen and oxygen atoms in total. The molecule has 0 aromatic heterocycles. The number of hydrogen-bond acceptors (Lipinski definition) is 3. The van der Waals surface area contributed by atoms with Crippen LogP contribution < -0.4 is 5.32 Å². The van der Waals surface area contributed by atoms with Crippen LogP contribution in [0, 0.1) is 5.92 Å². The minimum Gasteiger partial charge on any atom is -0.330 e. The van der Waals surface area contributed by atoms with Gasteiger partial charge >= 0.3 is 7.60 Å². The molecule has 2 rings (SSSR count). The summed E-state index contributed by atoms with van der Waals surface area (Å²) in [6, 6.07) is 3.85. The maximum atomic E-state index is 12.8. The Morgan fingerprint density at radius 2 is 1.96 bits per heavy atom. The maximum Gasteiger partial charge on any atom is 0.337 e. The molecule has 2 atom stereocenters. The summed E-state index contributed by atoms with van der Waals surface area (Å²) in [5.41, 5.74) is -1.00. The first-order chi connectivity index (χ1) is 12.5. The zero-order chi connectivity index (χ0) is 20.4. The Morgan fingerprint density at radius 1 is 1.30 bits per heavy atom. The average Bonchev–Trinajstić information content (AvgIpc) is 3.04. The molecule has 1 unspecified atom stereocenters. The fourth-order valence-electron chi connectivity index (χ4n) is 3.12. The summed E-state index contributed by atoms with van der Waals surface area (Å²) in [6.07, 6.45) is 1.07. The van der Waals surface area contributed by atoms with Crippen molar-refractivity contribution in [3.05, 3.63) is 28.2 Å². The van der Waals surface area contributed by atoms with E-state index in [9.17, 15) is 23.9 Å². The van der Waals surface area contributed by atoms with Crippen molar-refractivity contribution in [1.29, 1.82) is 0 Å². The number of carbonyl (C=O) groups excluding carboxylic acids is 2. The fourth-order valence-corrected chi connectivity index (χ4v) is 4.55. The largest absolute Gasteiger partial charge is 0.337 e. The molecule has 1 aromatic carbocycles. The molecule has 2 amide bonds. The predicted octanol–water partition coefficient (Wildman–Crippen LogP) is 3.52. The quantitative estimate of drug-likeness (QED) is 0.591. The smallest absolute Gasteiger partial charge is 0.330 e. The van der Waals surface area contributed by atoms with Crippen LogP contribution in [0.2, 0.25) is 10.0 Å². The van der Waals surface area contributed by atoms with E-state index in [2.05, 4.69) is 5.32 Å². The summed E-state index contributed by atoms with van der Waals surface area (Å²) >= 11 is 11.8. The number of rotatable bonds is 6. The molecule has 1 fully saturated rings. The molecule has 0 bridgehead atoms. The summed E-state index contributed by atoms with van der Waals surface area (Å²) in [4.78, 5) is 45.9. The van der Waals surface area contributed by atoms with E-state index in [-0.39, 0.29) is 23.9 Å². The standard InChI is InChI=1S/C17H23Cl2N2O5P/c1-10(2)8-15(27(24,25)26)17(23)21-7-3-4-14(21)16(22)20-11-5-6-12(18)13(19)9-11/h5-6,9-10,14-15H,3-4,7-8H2,1-2H3,(H,20,22)(H2,24,25,26)/t14-,15?/m0/s1. The Labute approximate surface area is 168 Å². The number of likely N-dealkylation sites (tertiary alicyclic amines) is 1. The van der Waals surface area contributed by atoms with Crippen LogP contribution in [0.4, 0.5) is 5.69 Å². The number of hydrogen-bond donors (Lipinski definition) is 3. The Morgan fingerprint density at radius 3 is 2.52 bits per heavy atom. The molecular formula is C17H23Cl2N2O5P. The van der Waals surface area contributed by atoms with Gasteiger partial charge < -0.3 is 20.0 Å². The summed E-state index contributed by atoms with van der Waals surface area (Å²) in [6.45, 7) is 3.86. The molecule has 0 aliphatic carbocycles. The second-order valence-corrected chi connectivity index (χ2v) is 9.66. The van der Waals surface area contributed by atoms with Gasteiger partial charge in [0.25, 0.3) is 0 Å². The number of anilines is 1. The second-order valence-electron chi connectivity index (χ2n) is 7.04. The first kappa shape index (κ1) is 22.2. The van der Waals surface area contributed by atoms with Gasteiger partial charge in [0.05, 0.1) is 10.0 Å². The van der Waals surface area contributed by atoms with Crippen LogP contribution in [-0.4, -0.2) is 44.7 Å². The molecule has 10 heteroatoms. The molecule has 3 N–H and O–H groups in total. The minimum absolute atomic E-state index is 0.0563. The highest BCUT2D eigenvalue weighted by Crippen LogP contribution is 2.45. The highest BCUT2D eigenvalue weighted by Gasteiger charge is 2.43. The number of carbonyl (C=O) groups is 2. The number of benzene rings is 1. The number of nitrogens with zero attached hydrogens (tertiary/aromatic N) is 1. The molecule has 150 valence electrons. The maximum absolute atomic E-state index is 12.8. The Bertz CT molecular complexity index is 768. The van der Waals surface area contributed by atoms with Gasteiger partial charge in [-0.15, -0.1) is 0 Å². The first-order valence-corrected chi connectivity index (χ1v) is 11.1. The lowest BCUT2D eigenvalue weighted by atomic mass is 10.1. The normalized spacial score (nSPS) is 18.6. The van der Waals surface area contributed by atoms with Crippen LogP contribution in [-0.2, 0) is 14.2 Å². The van der Waals surface area contributed by atoms with Crippen molar-refractivity contribution < 1.29 is 23.9 Å². The lowest BCUT2D eigenvalue weighted by Gasteiger charge is -2.29. The van der Waals surface area contributed by atoms with Crippen LogP contribution >= 0.6 is 30.8 Å². The minimum atomic E-state index is -4.63. The zero-order valence-electron chi connectivity index (χ0n) is 15.1. The van der Waals surface area contributed by atoms with E-state index in [1.165, 1.54) is 11.0 Å². The van der Waals surface area contributed by atoms with Gasteiger partial charge in [0.1, 0.15) is 11.7 Å². The van der Waals surface area contributed by atoms with Crippen LogP contribution in [0.25, 0.3) is 0 Å². The van der Waals surface area contributed by atoms with Gasteiger partial charge in [0, 0.05) is 12.2 Å². The molecule has 1 aliphatic heterocycles. The fraction of sp³-hybridized carbons (Fsp3) is 0.529. The van der Waals surface area contributed by atoms with Gasteiger partial charge in [-0.2, -0.15) is 0 Å². The van der Waals surface area contributed by atoms with Crippen molar-refractivity contribution in [2.45, 2.75) is 44.8 Å². The van der Waals surface area contributed by atoms with Gasteiger partial charge in [0.2, 0.25) is 11.8 Å². The van der Waals surface area contributed by atoms with Crippen molar-refractivity contribution in [3.63, 3.8) is 0 Å². The van der Waals surface area contributed by atoms with Crippen molar-refractivity contribution in [2.24, 2.45) is 5.92 Å². The van der Waals surface area contributed by atoms with Crippen molar-refractivity contribution in [3.8, 4) is 0 Å². The highest BCUT2D eigenvalue weighted by molar-refractivity contribution is 7.53. The van der Waals surface area contributed by atoms with E-state index >= 15 is 0 Å². The summed E-state index contributed by atoms with van der Waals surface area (Å²) in [5, 5.41) is 3.32. The Kier molecular flexibility index (Phi) is 7.33. The number of amides is 2. The van der Waals surface area contributed by atoms with E-state index < -0.39 is 31.1 Å². The lowest BCUT2D eigenvalue weighted by molar-refractivity contribution is -0.136. The summed E-state index contributed by atoms with van der Waals surface area (Å²) in [7, 11) is -4.63. The third kappa shape index (κ3) is 5.69. The SMILES string of the molecule is CC(C)CC(C(=O)N1CCC[C@H]1C(=O)Nc1ccc(Cl)c(Cl)c1)P(=O)(O)O. The van der Waals surface area contributed by atoms with Gasteiger partial charge in [-0.1, -0.05) is 37.0 Å². The molecule has 0 spiro atoms. The van der Waals surface area contributed by atoms with Gasteiger partial charge in [-0.3, -0.25) is 14.2 Å². The Balaban J connectivity index is 2.16. The first-order valence-electron chi connectivity index (χ1n) is 8.62. The zero-order valence-corrected chi connectivity index (χ0v) is 17.5. The summed E-state index contributed by atoms with van der Waals surface area (Å²) in [5.74, 6) is -1.17. The van der Waals surface area contributed by atoms with Gasteiger partial charge in [0.15, 0.2) is 0 Å². The van der Waals surface area contributed by atoms with E-state index in [1.807, 2.05) is 0 Å². The number of nitrogens with one attached hydrogen (secondary N) is 1. The molecule has 1 heterocycles. The lowest BCUT2D eigenvalue weighted by Crippen LogP contribution is -2.47. The van der Waals surface area contributed by atoms with E-state index in [1.54, 1.807) is 26.0 Å². The molecule has 1 aliphatic rings. The third-order valence-corrected chi connectivity index (χ3v) is 6.39. The van der Waals surface area contributed by atoms with Crippen LogP contribution in [0.15, 0.2) is 18.2 Å². The predicted molar refractivity (Wildman–Crippen MR) is 105 cm³/mol. The van der Waals surface area contributed by atoms with Crippen molar-refractivity contribution in [2.75, 3.05) is 11.9 Å². The van der Waals surface area contributed by atoms with Crippen molar-refractivity contribution >= 4 is 48.3 Å². The molecule has 0 radical (unpaired) electrons. The monoisotopic (exact) mass is 436 g/mol. The molecule has 0 saturated carbocycles. The Hall–Kier alpha value is -1.11. The van der Waals surface area contributed by atoms with E-state index in [0.29, 0.717) is 23.6 Å². The average molecular weight is 437 g/mol. The van der Waals surface area contributed by atoms with Gasteiger partial charge in [-0.25, -0.2) is 0 Å².